The summed E-state index contributed by atoms with van der Waals surface area (Å²) in [5, 5.41) is 2.14. The molecule has 0 bridgehead atoms. The van der Waals surface area contributed by atoms with E-state index in [9.17, 15) is 9.59 Å². The third-order valence-corrected chi connectivity index (χ3v) is 2.63. The number of nitrogens with two attached hydrogens (primary N) is 1. The van der Waals surface area contributed by atoms with Crippen molar-refractivity contribution in [3.63, 3.8) is 0 Å². The number of rotatable bonds is 4. The summed E-state index contributed by atoms with van der Waals surface area (Å²) in [5.41, 5.74) is 5.42. The molecular formula is C9H13N3O2S. The van der Waals surface area contributed by atoms with Crippen LogP contribution in [0.5, 0.6) is 0 Å². The largest absolute Gasteiger partial charge is 0.337 e. The van der Waals surface area contributed by atoms with Crippen LogP contribution in [0, 0.1) is 0 Å². The van der Waals surface area contributed by atoms with Crippen molar-refractivity contribution in [1.29, 1.82) is 0 Å². The zero-order chi connectivity index (χ0) is 11.4. The molecule has 0 aromatic carbocycles. The van der Waals surface area contributed by atoms with Gasteiger partial charge in [0.05, 0.1) is 12.6 Å². The highest BCUT2D eigenvalue weighted by Gasteiger charge is 2.18. The van der Waals surface area contributed by atoms with Crippen molar-refractivity contribution in [3.8, 4) is 0 Å². The molecule has 1 heterocycles. The number of Topliss-reactive ketones (excluding diaryl/α,β-unsaturated/α-hetero) is 1. The summed E-state index contributed by atoms with van der Waals surface area (Å²) in [4.78, 5) is 28.1. The Balaban J connectivity index is 2.56. The van der Waals surface area contributed by atoms with Crippen molar-refractivity contribution in [2.24, 2.45) is 5.73 Å². The number of hydrogen-bond acceptors (Lipinski definition) is 5. The normalized spacial score (nSPS) is 12.2. The zero-order valence-corrected chi connectivity index (χ0v) is 9.45. The Labute approximate surface area is 91.9 Å². The molecule has 0 fully saturated rings. The second kappa shape index (κ2) is 4.99. The lowest BCUT2D eigenvalue weighted by molar-refractivity contribution is -0.130. The molecule has 1 rings (SSSR count). The Hall–Kier alpha value is -1.27. The molecule has 0 aliphatic heterocycles. The van der Waals surface area contributed by atoms with Gasteiger partial charge in [-0.15, -0.1) is 11.3 Å². The third-order valence-electron chi connectivity index (χ3n) is 1.82. The summed E-state index contributed by atoms with van der Waals surface area (Å²) in [6.45, 7) is 1.61. The van der Waals surface area contributed by atoms with E-state index >= 15 is 0 Å². The Bertz CT molecular complexity index is 348. The van der Waals surface area contributed by atoms with Crippen LogP contribution in [-0.2, 0) is 4.79 Å². The number of thiazole rings is 1. The first-order valence-corrected chi connectivity index (χ1v) is 5.33. The van der Waals surface area contributed by atoms with E-state index in [0.29, 0.717) is 5.01 Å². The fourth-order valence-corrected chi connectivity index (χ4v) is 1.64. The van der Waals surface area contributed by atoms with Gasteiger partial charge in [-0.1, -0.05) is 0 Å². The van der Waals surface area contributed by atoms with Crippen molar-refractivity contribution in [3.05, 3.63) is 16.6 Å². The first-order valence-electron chi connectivity index (χ1n) is 4.45. The maximum Gasteiger partial charge on any atom is 0.239 e. The monoisotopic (exact) mass is 227 g/mol. The van der Waals surface area contributed by atoms with Crippen LogP contribution < -0.4 is 5.73 Å². The van der Waals surface area contributed by atoms with Crippen LogP contribution in [0.1, 0.15) is 16.7 Å². The number of ketones is 1. The number of aromatic nitrogens is 1. The lowest BCUT2D eigenvalue weighted by atomic mass is 10.3. The molecule has 0 aliphatic carbocycles. The molecule has 0 aliphatic rings. The zero-order valence-electron chi connectivity index (χ0n) is 8.64. The average Bonchev–Trinajstić information content (AvgIpc) is 2.68. The molecule has 5 nitrogen and oxygen atoms in total. The van der Waals surface area contributed by atoms with Crippen LogP contribution in [0.15, 0.2) is 11.6 Å². The minimum atomic E-state index is -0.584. The highest BCUT2D eigenvalue weighted by molar-refractivity contribution is 7.11. The summed E-state index contributed by atoms with van der Waals surface area (Å²) in [6.07, 6.45) is 1.56. The predicted octanol–water partition coefficient (Wildman–Crippen LogP) is 0.131. The second-order valence-corrected chi connectivity index (χ2v) is 4.14. The maximum absolute atomic E-state index is 11.6. The first-order chi connectivity index (χ1) is 7.02. The summed E-state index contributed by atoms with van der Waals surface area (Å²) in [7, 11) is 1.55. The van der Waals surface area contributed by atoms with E-state index in [1.54, 1.807) is 25.5 Å². The topological polar surface area (TPSA) is 76.3 Å². The summed E-state index contributed by atoms with van der Waals surface area (Å²) < 4.78 is 0. The lowest BCUT2D eigenvalue weighted by Crippen LogP contribution is -2.42. The van der Waals surface area contributed by atoms with E-state index in [1.165, 1.54) is 16.2 Å². The van der Waals surface area contributed by atoms with Crippen LogP contribution in [0.25, 0.3) is 0 Å². The molecule has 1 unspecified atom stereocenters. The van der Waals surface area contributed by atoms with Crippen LogP contribution in [0.4, 0.5) is 0 Å². The number of hydrogen-bond donors (Lipinski definition) is 1. The molecule has 0 saturated heterocycles. The summed E-state index contributed by atoms with van der Waals surface area (Å²) >= 11 is 1.26. The molecule has 1 aromatic heterocycles. The molecule has 0 spiro atoms. The standard InChI is InChI=1S/C9H13N3O2S/c1-6(10)9(14)12(2)5-7(13)8-11-3-4-15-8/h3-4,6H,5,10H2,1-2H3. The second-order valence-electron chi connectivity index (χ2n) is 3.24. The summed E-state index contributed by atoms with van der Waals surface area (Å²) in [5.74, 6) is -0.415. The van der Waals surface area contributed by atoms with Crippen molar-refractivity contribution in [1.82, 2.24) is 9.88 Å². The van der Waals surface area contributed by atoms with Crippen molar-refractivity contribution in [2.75, 3.05) is 13.6 Å². The van der Waals surface area contributed by atoms with E-state index < -0.39 is 6.04 Å². The minimum absolute atomic E-state index is 0.0217. The molecule has 82 valence electrons. The number of likely N-dealkylation sites (N-methyl/N-ethyl adjacent to an activating group) is 1. The fourth-order valence-electron chi connectivity index (χ4n) is 1.07. The van der Waals surface area contributed by atoms with E-state index in [4.69, 9.17) is 5.73 Å². The smallest absolute Gasteiger partial charge is 0.239 e. The van der Waals surface area contributed by atoms with Crippen molar-refractivity contribution >= 4 is 23.0 Å². The maximum atomic E-state index is 11.6. The SMILES string of the molecule is CC(N)C(=O)N(C)CC(=O)c1nccs1. The van der Waals surface area contributed by atoms with Gasteiger partial charge < -0.3 is 10.6 Å². The van der Waals surface area contributed by atoms with E-state index in [0.717, 1.165) is 0 Å². The summed E-state index contributed by atoms with van der Waals surface area (Å²) in [6, 6.07) is -0.584. The van der Waals surface area contributed by atoms with Gasteiger partial charge >= 0.3 is 0 Å². The molecule has 6 heteroatoms. The van der Waals surface area contributed by atoms with Gasteiger partial charge in [0.25, 0.3) is 0 Å². The third kappa shape index (κ3) is 3.10. The van der Waals surface area contributed by atoms with Crippen LogP contribution in [-0.4, -0.2) is 41.2 Å². The Kier molecular flexibility index (Phi) is 3.93. The van der Waals surface area contributed by atoms with Gasteiger partial charge in [0, 0.05) is 18.6 Å². The van der Waals surface area contributed by atoms with Gasteiger partial charge in [0.2, 0.25) is 11.7 Å². The van der Waals surface area contributed by atoms with E-state index in [-0.39, 0.29) is 18.2 Å². The number of amides is 1. The van der Waals surface area contributed by atoms with Crippen LogP contribution in [0.2, 0.25) is 0 Å². The highest BCUT2D eigenvalue weighted by atomic mass is 32.1. The molecular weight excluding hydrogens is 214 g/mol. The fraction of sp³-hybridized carbons (Fsp3) is 0.444. The molecule has 0 saturated carbocycles. The Morgan fingerprint density at radius 2 is 2.33 bits per heavy atom. The van der Waals surface area contributed by atoms with E-state index in [2.05, 4.69) is 4.98 Å². The van der Waals surface area contributed by atoms with Crippen molar-refractivity contribution in [2.45, 2.75) is 13.0 Å². The van der Waals surface area contributed by atoms with Crippen LogP contribution in [0.3, 0.4) is 0 Å². The van der Waals surface area contributed by atoms with Gasteiger partial charge in [0.15, 0.2) is 5.01 Å². The Morgan fingerprint density at radius 1 is 1.67 bits per heavy atom. The van der Waals surface area contributed by atoms with Gasteiger partial charge in [0.1, 0.15) is 0 Å². The average molecular weight is 227 g/mol. The van der Waals surface area contributed by atoms with Gasteiger partial charge in [-0.2, -0.15) is 0 Å². The first kappa shape index (κ1) is 11.8. The molecule has 2 N–H and O–H groups in total. The lowest BCUT2D eigenvalue weighted by Gasteiger charge is -2.17. The predicted molar refractivity (Wildman–Crippen MR) is 57.7 cm³/mol. The molecule has 15 heavy (non-hydrogen) atoms. The number of nitrogens with zero attached hydrogens (tertiary/aromatic N) is 2. The number of carbonyl (C=O) groups is 2. The molecule has 1 amide bonds. The van der Waals surface area contributed by atoms with Gasteiger partial charge in [-0.05, 0) is 6.92 Å². The van der Waals surface area contributed by atoms with Gasteiger partial charge in [-0.3, -0.25) is 9.59 Å². The quantitative estimate of drug-likeness (QED) is 0.742. The molecule has 0 radical (unpaired) electrons. The van der Waals surface area contributed by atoms with Crippen LogP contribution >= 0.6 is 11.3 Å². The molecule has 1 aromatic rings. The highest BCUT2D eigenvalue weighted by Crippen LogP contribution is 2.05. The van der Waals surface area contributed by atoms with Crippen molar-refractivity contribution < 1.29 is 9.59 Å². The molecule has 1 atom stereocenters. The minimum Gasteiger partial charge on any atom is -0.337 e. The van der Waals surface area contributed by atoms with E-state index in [1.807, 2.05) is 0 Å². The van der Waals surface area contributed by atoms with Gasteiger partial charge in [-0.25, -0.2) is 4.98 Å². The number of carbonyl (C=O) groups excluding carboxylic acids is 2. The Morgan fingerprint density at radius 3 is 2.80 bits per heavy atom.